The second kappa shape index (κ2) is 5.40. The van der Waals surface area contributed by atoms with Crippen LogP contribution in [0.15, 0.2) is 53.0 Å². The number of methoxy groups -OCH3 is 1. The normalized spacial score (nSPS) is 20.7. The molecule has 3 aromatic carbocycles. The third-order valence-corrected chi connectivity index (χ3v) is 5.85. The molecule has 1 atom stereocenters. The summed E-state index contributed by atoms with van der Waals surface area (Å²) in [6.45, 7) is 0. The Kier molecular flexibility index (Phi) is 3.26. The highest BCUT2D eigenvalue weighted by atomic mass is 79.9. The van der Waals surface area contributed by atoms with Gasteiger partial charge in [-0.2, -0.15) is 0 Å². The fourth-order valence-corrected chi connectivity index (χ4v) is 4.53. The van der Waals surface area contributed by atoms with Crippen LogP contribution in [0.25, 0.3) is 10.8 Å². The van der Waals surface area contributed by atoms with Crippen molar-refractivity contribution >= 4 is 26.7 Å². The van der Waals surface area contributed by atoms with Crippen molar-refractivity contribution in [3.8, 4) is 17.2 Å². The molecule has 25 heavy (non-hydrogen) atoms. The van der Waals surface area contributed by atoms with Crippen molar-refractivity contribution in [2.45, 2.75) is 25.0 Å². The van der Waals surface area contributed by atoms with Crippen LogP contribution >= 0.6 is 15.9 Å². The number of halogens is 1. The lowest BCUT2D eigenvalue weighted by Gasteiger charge is -2.42. The number of fused-ring (bicyclic) bond motifs is 2. The second-order valence-electron chi connectivity index (χ2n) is 6.52. The molecule has 1 spiro atoms. The standard InChI is InChI=1S/C21H17BrO3/c1-23-17-8-3-7-15-13(17)6-4-12-21(15)24-18-9-2-5-14-16(22)10-11-19(25-21)20(14)18/h2-3,5,7-11H,4,6,12H2,1H3. The van der Waals surface area contributed by atoms with Crippen LogP contribution in [0.4, 0.5) is 0 Å². The predicted octanol–water partition coefficient (Wildman–Crippen LogP) is 5.57. The van der Waals surface area contributed by atoms with Crippen LogP contribution in [-0.2, 0) is 12.2 Å². The zero-order valence-electron chi connectivity index (χ0n) is 13.8. The fraction of sp³-hybridized carbons (Fsp3) is 0.238. The Labute approximate surface area is 154 Å². The average molecular weight is 397 g/mol. The van der Waals surface area contributed by atoms with Gasteiger partial charge in [0.25, 0.3) is 5.79 Å². The van der Waals surface area contributed by atoms with Crippen LogP contribution in [0.5, 0.6) is 17.2 Å². The van der Waals surface area contributed by atoms with E-state index >= 15 is 0 Å². The molecule has 4 heteroatoms. The number of hydrogen-bond acceptors (Lipinski definition) is 3. The minimum atomic E-state index is -0.781. The summed E-state index contributed by atoms with van der Waals surface area (Å²) >= 11 is 3.62. The lowest BCUT2D eigenvalue weighted by molar-refractivity contribution is -0.138. The summed E-state index contributed by atoms with van der Waals surface area (Å²) < 4.78 is 19.6. The van der Waals surface area contributed by atoms with E-state index in [0.29, 0.717) is 0 Å². The van der Waals surface area contributed by atoms with Gasteiger partial charge < -0.3 is 14.2 Å². The molecule has 0 N–H and O–H groups in total. The summed E-state index contributed by atoms with van der Waals surface area (Å²) in [6.07, 6.45) is 2.79. The SMILES string of the molecule is COc1cccc2c1CCCC21Oc2cccc3c(Br)ccc(c23)O1. The largest absolute Gasteiger partial charge is 0.496 e. The Morgan fingerprint density at radius 3 is 2.64 bits per heavy atom. The average Bonchev–Trinajstić information content (AvgIpc) is 2.64. The zero-order valence-corrected chi connectivity index (χ0v) is 15.4. The second-order valence-corrected chi connectivity index (χ2v) is 7.38. The summed E-state index contributed by atoms with van der Waals surface area (Å²) in [6, 6.07) is 16.3. The van der Waals surface area contributed by atoms with Gasteiger partial charge in [-0.3, -0.25) is 0 Å². The minimum Gasteiger partial charge on any atom is -0.496 e. The fourth-order valence-electron chi connectivity index (χ4n) is 4.07. The molecule has 1 aliphatic carbocycles. The van der Waals surface area contributed by atoms with E-state index in [9.17, 15) is 0 Å². The molecule has 1 unspecified atom stereocenters. The van der Waals surface area contributed by atoms with E-state index in [1.807, 2.05) is 36.4 Å². The summed E-state index contributed by atoms with van der Waals surface area (Å²) in [4.78, 5) is 0. The quantitative estimate of drug-likeness (QED) is 0.537. The van der Waals surface area contributed by atoms with Crippen molar-refractivity contribution < 1.29 is 14.2 Å². The van der Waals surface area contributed by atoms with Crippen LogP contribution in [0, 0.1) is 0 Å². The van der Waals surface area contributed by atoms with Crippen molar-refractivity contribution in [1.82, 2.24) is 0 Å². The summed E-state index contributed by atoms with van der Waals surface area (Å²) in [5.41, 5.74) is 2.26. The van der Waals surface area contributed by atoms with Crippen LogP contribution in [0.3, 0.4) is 0 Å². The third kappa shape index (κ3) is 2.10. The molecule has 1 heterocycles. The van der Waals surface area contributed by atoms with Crippen molar-refractivity contribution in [3.05, 3.63) is 64.1 Å². The maximum absolute atomic E-state index is 6.51. The molecular weight excluding hydrogens is 380 g/mol. The molecule has 3 aromatic rings. The molecule has 0 saturated heterocycles. The van der Waals surface area contributed by atoms with Gasteiger partial charge in [-0.05, 0) is 37.1 Å². The number of benzene rings is 3. The Morgan fingerprint density at radius 2 is 1.80 bits per heavy atom. The lowest BCUT2D eigenvalue weighted by Crippen LogP contribution is -2.44. The number of ether oxygens (including phenoxy) is 3. The molecule has 0 amide bonds. The van der Waals surface area contributed by atoms with E-state index < -0.39 is 5.79 Å². The first-order valence-electron chi connectivity index (χ1n) is 8.47. The van der Waals surface area contributed by atoms with Gasteiger partial charge in [-0.15, -0.1) is 0 Å². The first-order valence-corrected chi connectivity index (χ1v) is 9.27. The molecule has 0 aromatic heterocycles. The first kappa shape index (κ1) is 15.1. The van der Waals surface area contributed by atoms with E-state index in [-0.39, 0.29) is 0 Å². The van der Waals surface area contributed by atoms with Crippen molar-refractivity contribution in [3.63, 3.8) is 0 Å². The smallest absolute Gasteiger partial charge is 0.278 e. The third-order valence-electron chi connectivity index (χ3n) is 5.16. The van der Waals surface area contributed by atoms with Gasteiger partial charge in [0.1, 0.15) is 17.2 Å². The highest BCUT2D eigenvalue weighted by Gasteiger charge is 2.45. The zero-order chi connectivity index (χ0) is 17.0. The van der Waals surface area contributed by atoms with Gasteiger partial charge in [-0.1, -0.05) is 40.2 Å². The molecule has 0 radical (unpaired) electrons. The van der Waals surface area contributed by atoms with Gasteiger partial charge in [0.05, 0.1) is 12.5 Å². The molecular formula is C21H17BrO3. The van der Waals surface area contributed by atoms with Crippen LogP contribution in [0.2, 0.25) is 0 Å². The number of hydrogen-bond donors (Lipinski definition) is 0. The van der Waals surface area contributed by atoms with Gasteiger partial charge >= 0.3 is 0 Å². The molecule has 0 bridgehead atoms. The molecule has 0 saturated carbocycles. The van der Waals surface area contributed by atoms with E-state index in [1.165, 1.54) is 5.56 Å². The highest BCUT2D eigenvalue weighted by Crippen LogP contribution is 2.51. The lowest BCUT2D eigenvalue weighted by atomic mass is 9.85. The van der Waals surface area contributed by atoms with E-state index in [4.69, 9.17) is 14.2 Å². The van der Waals surface area contributed by atoms with Crippen LogP contribution in [0.1, 0.15) is 24.0 Å². The van der Waals surface area contributed by atoms with Crippen LogP contribution in [-0.4, -0.2) is 7.11 Å². The van der Waals surface area contributed by atoms with Gasteiger partial charge in [0.15, 0.2) is 0 Å². The van der Waals surface area contributed by atoms with Crippen molar-refractivity contribution in [2.75, 3.05) is 7.11 Å². The van der Waals surface area contributed by atoms with Crippen molar-refractivity contribution in [1.29, 1.82) is 0 Å². The summed E-state index contributed by atoms with van der Waals surface area (Å²) in [5.74, 6) is 1.87. The topological polar surface area (TPSA) is 27.7 Å². The monoisotopic (exact) mass is 396 g/mol. The van der Waals surface area contributed by atoms with E-state index in [1.54, 1.807) is 7.11 Å². The van der Waals surface area contributed by atoms with Gasteiger partial charge in [0, 0.05) is 27.4 Å². The first-order chi connectivity index (χ1) is 12.2. The maximum atomic E-state index is 6.51. The van der Waals surface area contributed by atoms with E-state index in [0.717, 1.165) is 57.3 Å². The van der Waals surface area contributed by atoms with Gasteiger partial charge in [-0.25, -0.2) is 0 Å². The Morgan fingerprint density at radius 1 is 1.00 bits per heavy atom. The van der Waals surface area contributed by atoms with Crippen LogP contribution < -0.4 is 14.2 Å². The predicted molar refractivity (Wildman–Crippen MR) is 101 cm³/mol. The van der Waals surface area contributed by atoms with E-state index in [2.05, 4.69) is 28.1 Å². The van der Waals surface area contributed by atoms with Gasteiger partial charge in [0.2, 0.25) is 0 Å². The molecule has 3 nitrogen and oxygen atoms in total. The summed E-state index contributed by atoms with van der Waals surface area (Å²) in [5, 5.41) is 2.13. The summed E-state index contributed by atoms with van der Waals surface area (Å²) in [7, 11) is 1.72. The molecule has 1 aliphatic heterocycles. The highest BCUT2D eigenvalue weighted by molar-refractivity contribution is 9.10. The molecule has 5 rings (SSSR count). The van der Waals surface area contributed by atoms with Crippen molar-refractivity contribution in [2.24, 2.45) is 0 Å². The Bertz CT molecular complexity index is 984. The Balaban J connectivity index is 1.73. The number of rotatable bonds is 1. The molecule has 2 aliphatic rings. The maximum Gasteiger partial charge on any atom is 0.278 e. The minimum absolute atomic E-state index is 0.781. The molecule has 126 valence electrons. The Hall–Kier alpha value is -2.20. The molecule has 0 fully saturated rings.